The fourth-order valence-electron chi connectivity index (χ4n) is 2.59. The van der Waals surface area contributed by atoms with Crippen molar-refractivity contribution in [2.24, 2.45) is 5.73 Å². The molecule has 3 heteroatoms. The van der Waals surface area contributed by atoms with Gasteiger partial charge in [0.2, 0.25) is 0 Å². The normalized spacial score (nSPS) is 14.1. The Bertz CT molecular complexity index is 597. The molecule has 3 N–H and O–H groups in total. The van der Waals surface area contributed by atoms with Crippen molar-refractivity contribution in [2.45, 2.75) is 25.9 Å². The van der Waals surface area contributed by atoms with Crippen molar-refractivity contribution in [1.82, 2.24) is 0 Å². The van der Waals surface area contributed by atoms with Gasteiger partial charge in [0.25, 0.3) is 0 Å². The Kier molecular flexibility index (Phi) is 4.81. The van der Waals surface area contributed by atoms with Gasteiger partial charge >= 0.3 is 0 Å². The summed E-state index contributed by atoms with van der Waals surface area (Å²) in [4.78, 5) is 0. The van der Waals surface area contributed by atoms with Crippen LogP contribution < -0.4 is 5.73 Å². The van der Waals surface area contributed by atoms with Gasteiger partial charge in [-0.25, -0.2) is 0 Å². The van der Waals surface area contributed by atoms with Crippen LogP contribution in [0.2, 0.25) is 5.02 Å². The molecule has 0 saturated heterocycles. The number of aliphatic hydroxyl groups excluding tert-OH is 1. The van der Waals surface area contributed by atoms with E-state index in [1.165, 1.54) is 0 Å². The van der Waals surface area contributed by atoms with Gasteiger partial charge < -0.3 is 10.8 Å². The number of hydrogen-bond acceptors (Lipinski definition) is 2. The summed E-state index contributed by atoms with van der Waals surface area (Å²) in [5.41, 5.74) is 9.89. The first kappa shape index (κ1) is 15.0. The Morgan fingerprint density at radius 3 is 2.35 bits per heavy atom. The van der Waals surface area contributed by atoms with Gasteiger partial charge in [0, 0.05) is 17.5 Å². The number of aliphatic hydroxyl groups is 1. The van der Waals surface area contributed by atoms with Crippen LogP contribution in [0.1, 0.15) is 34.3 Å². The molecule has 2 aromatic rings. The van der Waals surface area contributed by atoms with E-state index in [1.807, 2.05) is 56.3 Å². The first-order chi connectivity index (χ1) is 9.56. The molecule has 2 nitrogen and oxygen atoms in total. The summed E-state index contributed by atoms with van der Waals surface area (Å²) < 4.78 is 0. The molecule has 2 aromatic carbocycles. The lowest BCUT2D eigenvalue weighted by Gasteiger charge is -2.25. The number of nitrogens with two attached hydrogens (primary N) is 1. The summed E-state index contributed by atoms with van der Waals surface area (Å²) in [5, 5.41) is 11.4. The van der Waals surface area contributed by atoms with Crippen molar-refractivity contribution in [3.8, 4) is 0 Å². The summed E-state index contributed by atoms with van der Waals surface area (Å²) in [7, 11) is 0. The topological polar surface area (TPSA) is 46.2 Å². The molecule has 0 aliphatic carbocycles. The minimum Gasteiger partial charge on any atom is -0.388 e. The summed E-state index contributed by atoms with van der Waals surface area (Å²) in [6.07, 6.45) is -0.653. The predicted octanol–water partition coefficient (Wildman–Crippen LogP) is 3.73. The fourth-order valence-corrected chi connectivity index (χ4v) is 2.77. The zero-order valence-electron chi connectivity index (χ0n) is 11.8. The Morgan fingerprint density at radius 1 is 1.05 bits per heavy atom. The maximum Gasteiger partial charge on any atom is 0.0873 e. The van der Waals surface area contributed by atoms with Gasteiger partial charge in [0.05, 0.1) is 6.10 Å². The van der Waals surface area contributed by atoms with E-state index in [9.17, 15) is 5.11 Å². The zero-order chi connectivity index (χ0) is 14.7. The van der Waals surface area contributed by atoms with Gasteiger partial charge in [-0.15, -0.1) is 0 Å². The highest BCUT2D eigenvalue weighted by Crippen LogP contribution is 2.35. The predicted molar refractivity (Wildman–Crippen MR) is 84.1 cm³/mol. The van der Waals surface area contributed by atoms with E-state index in [-0.39, 0.29) is 5.92 Å². The molecule has 0 aliphatic rings. The van der Waals surface area contributed by atoms with Crippen molar-refractivity contribution >= 4 is 11.6 Å². The molecular weight excluding hydrogens is 270 g/mol. The Hall–Kier alpha value is -1.35. The number of rotatable bonds is 4. The molecule has 0 radical (unpaired) electrons. The lowest BCUT2D eigenvalue weighted by Crippen LogP contribution is -2.21. The third kappa shape index (κ3) is 2.88. The van der Waals surface area contributed by atoms with Gasteiger partial charge in [-0.1, -0.05) is 48.0 Å². The van der Waals surface area contributed by atoms with Gasteiger partial charge in [0.1, 0.15) is 0 Å². The Morgan fingerprint density at radius 2 is 1.70 bits per heavy atom. The third-order valence-electron chi connectivity index (χ3n) is 3.85. The highest BCUT2D eigenvalue weighted by molar-refractivity contribution is 6.31. The molecule has 2 unspecified atom stereocenters. The monoisotopic (exact) mass is 289 g/mol. The number of halogens is 1. The molecule has 2 rings (SSSR count). The maximum atomic E-state index is 10.7. The molecule has 0 amide bonds. The van der Waals surface area contributed by atoms with Crippen LogP contribution in [0.5, 0.6) is 0 Å². The van der Waals surface area contributed by atoms with Crippen LogP contribution in [0, 0.1) is 13.8 Å². The number of hydrogen-bond donors (Lipinski definition) is 2. The Labute approximate surface area is 125 Å². The molecule has 106 valence electrons. The van der Waals surface area contributed by atoms with E-state index >= 15 is 0 Å². The van der Waals surface area contributed by atoms with Gasteiger partial charge in [-0.2, -0.15) is 0 Å². The lowest BCUT2D eigenvalue weighted by atomic mass is 9.85. The molecule has 0 spiro atoms. The van der Waals surface area contributed by atoms with E-state index in [0.717, 1.165) is 22.3 Å². The van der Waals surface area contributed by atoms with Crippen LogP contribution in [0.25, 0.3) is 0 Å². The third-order valence-corrected chi connectivity index (χ3v) is 4.26. The van der Waals surface area contributed by atoms with E-state index in [1.54, 1.807) is 0 Å². The van der Waals surface area contributed by atoms with Gasteiger partial charge in [-0.3, -0.25) is 0 Å². The molecule has 0 fully saturated rings. The van der Waals surface area contributed by atoms with Crippen LogP contribution >= 0.6 is 11.6 Å². The summed E-state index contributed by atoms with van der Waals surface area (Å²) in [5.74, 6) is -0.131. The Balaban J connectivity index is 2.42. The van der Waals surface area contributed by atoms with E-state index in [2.05, 4.69) is 0 Å². The van der Waals surface area contributed by atoms with Crippen LogP contribution in [0.15, 0.2) is 42.5 Å². The van der Waals surface area contributed by atoms with Gasteiger partial charge in [0.15, 0.2) is 0 Å². The van der Waals surface area contributed by atoms with Crippen LogP contribution in [-0.2, 0) is 0 Å². The second-order valence-electron chi connectivity index (χ2n) is 5.10. The molecular formula is C17H20ClNO. The quantitative estimate of drug-likeness (QED) is 0.901. The lowest BCUT2D eigenvalue weighted by molar-refractivity contribution is 0.146. The first-order valence-corrected chi connectivity index (χ1v) is 7.12. The summed E-state index contributed by atoms with van der Waals surface area (Å²) in [6, 6.07) is 13.6. The van der Waals surface area contributed by atoms with Crippen molar-refractivity contribution in [3.63, 3.8) is 0 Å². The molecule has 2 atom stereocenters. The largest absolute Gasteiger partial charge is 0.388 e. The maximum absolute atomic E-state index is 10.7. The first-order valence-electron chi connectivity index (χ1n) is 6.75. The molecule has 0 aliphatic heterocycles. The molecule has 0 bridgehead atoms. The minimum atomic E-state index is -0.653. The molecule has 0 saturated carbocycles. The van der Waals surface area contributed by atoms with Crippen molar-refractivity contribution in [3.05, 3.63) is 69.7 Å². The highest BCUT2D eigenvalue weighted by Gasteiger charge is 2.24. The number of aryl methyl sites for hydroxylation is 1. The van der Waals surface area contributed by atoms with E-state index in [0.29, 0.717) is 11.6 Å². The minimum absolute atomic E-state index is 0.131. The van der Waals surface area contributed by atoms with E-state index in [4.69, 9.17) is 17.3 Å². The van der Waals surface area contributed by atoms with E-state index < -0.39 is 6.10 Å². The van der Waals surface area contributed by atoms with Gasteiger partial charge in [-0.05, 0) is 42.2 Å². The molecule has 0 aromatic heterocycles. The second kappa shape index (κ2) is 6.40. The number of benzene rings is 2. The SMILES string of the molecule is Cc1ccccc1C(CN)C(O)c1cccc(Cl)c1C. The smallest absolute Gasteiger partial charge is 0.0873 e. The van der Waals surface area contributed by atoms with Crippen molar-refractivity contribution in [1.29, 1.82) is 0 Å². The van der Waals surface area contributed by atoms with Crippen LogP contribution in [0.3, 0.4) is 0 Å². The van der Waals surface area contributed by atoms with Crippen molar-refractivity contribution < 1.29 is 5.11 Å². The van der Waals surface area contributed by atoms with Crippen LogP contribution in [-0.4, -0.2) is 11.7 Å². The van der Waals surface area contributed by atoms with Crippen LogP contribution in [0.4, 0.5) is 0 Å². The zero-order valence-corrected chi connectivity index (χ0v) is 12.6. The summed E-state index contributed by atoms with van der Waals surface area (Å²) in [6.45, 7) is 4.35. The molecule has 0 heterocycles. The highest BCUT2D eigenvalue weighted by atomic mass is 35.5. The fraction of sp³-hybridized carbons (Fsp3) is 0.294. The standard InChI is InChI=1S/C17H20ClNO/c1-11-6-3-4-7-13(11)15(10-19)17(20)14-8-5-9-16(18)12(14)2/h3-9,15,17,20H,10,19H2,1-2H3. The van der Waals surface area contributed by atoms with Crippen molar-refractivity contribution in [2.75, 3.05) is 6.54 Å². The second-order valence-corrected chi connectivity index (χ2v) is 5.50. The average Bonchev–Trinajstić information content (AvgIpc) is 2.44. The molecule has 20 heavy (non-hydrogen) atoms. The summed E-state index contributed by atoms with van der Waals surface area (Å²) >= 11 is 6.14. The average molecular weight is 290 g/mol.